The maximum Gasteiger partial charge on any atom is 0.339 e. The number of benzene rings is 1. The predicted octanol–water partition coefficient (Wildman–Crippen LogP) is 1.72. The van der Waals surface area contributed by atoms with Crippen LogP contribution in [0.3, 0.4) is 0 Å². The van der Waals surface area contributed by atoms with Crippen molar-refractivity contribution < 1.29 is 19.4 Å². The molecule has 1 aromatic carbocycles. The number of carboxylic acids is 1. The molecule has 0 radical (unpaired) electrons. The lowest BCUT2D eigenvalue weighted by Crippen LogP contribution is -2.07. The van der Waals surface area contributed by atoms with Gasteiger partial charge in [0.2, 0.25) is 0 Å². The highest BCUT2D eigenvalue weighted by Crippen LogP contribution is 2.32. The Bertz CT molecular complexity index is 904. The third-order valence-electron chi connectivity index (χ3n) is 3.44. The molecule has 8 nitrogen and oxygen atoms in total. The molecule has 0 spiro atoms. The first-order chi connectivity index (χ1) is 11.0. The van der Waals surface area contributed by atoms with Crippen molar-refractivity contribution in [2.75, 3.05) is 20.0 Å². The number of nitrogens with two attached hydrogens (primary N) is 1. The summed E-state index contributed by atoms with van der Waals surface area (Å²) in [5.41, 5.74) is 7.08. The number of fused-ring (bicyclic) bond motifs is 1. The van der Waals surface area contributed by atoms with E-state index in [1.54, 1.807) is 43.3 Å². The summed E-state index contributed by atoms with van der Waals surface area (Å²) < 4.78 is 12.2. The Hall–Kier alpha value is -3.29. The molecule has 23 heavy (non-hydrogen) atoms. The van der Waals surface area contributed by atoms with Gasteiger partial charge in [-0.1, -0.05) is 0 Å². The zero-order valence-corrected chi connectivity index (χ0v) is 12.5. The first kappa shape index (κ1) is 14.6. The van der Waals surface area contributed by atoms with E-state index < -0.39 is 5.97 Å². The van der Waals surface area contributed by atoms with Gasteiger partial charge in [-0.2, -0.15) is 0 Å². The number of anilines is 1. The maximum atomic E-state index is 11.0. The first-order valence-corrected chi connectivity index (χ1v) is 6.64. The fourth-order valence-electron chi connectivity index (χ4n) is 2.30. The number of pyridine rings is 1. The van der Waals surface area contributed by atoms with E-state index in [2.05, 4.69) is 9.97 Å². The summed E-state index contributed by atoms with van der Waals surface area (Å²) in [5.74, 6) is 0.402. The standard InChI is InChI=1S/C15H14N4O4/c1-22-11-5-9-10(6-12(11)23-2)19(7-17-9)13-4-3-8(15(20)21)14(16)18-13/h3-7H,1-2H3,(H2,16,18)(H,20,21). The second-order valence-corrected chi connectivity index (χ2v) is 4.72. The lowest BCUT2D eigenvalue weighted by molar-refractivity contribution is 0.0697. The van der Waals surface area contributed by atoms with Gasteiger partial charge in [0.05, 0.1) is 25.3 Å². The van der Waals surface area contributed by atoms with Gasteiger partial charge in [-0.3, -0.25) is 4.57 Å². The van der Waals surface area contributed by atoms with Crippen LogP contribution in [-0.4, -0.2) is 39.8 Å². The van der Waals surface area contributed by atoms with Gasteiger partial charge in [-0.25, -0.2) is 14.8 Å². The average molecular weight is 314 g/mol. The normalized spacial score (nSPS) is 10.7. The van der Waals surface area contributed by atoms with Crippen molar-refractivity contribution in [1.82, 2.24) is 14.5 Å². The molecule has 2 aromatic heterocycles. The molecule has 0 saturated heterocycles. The SMILES string of the molecule is COc1cc2ncn(-c3ccc(C(=O)O)c(N)n3)c2cc1OC. The van der Waals surface area contributed by atoms with Crippen LogP contribution in [0.15, 0.2) is 30.6 Å². The van der Waals surface area contributed by atoms with Crippen molar-refractivity contribution in [2.24, 2.45) is 0 Å². The fraction of sp³-hybridized carbons (Fsp3) is 0.133. The summed E-state index contributed by atoms with van der Waals surface area (Å²) in [5, 5.41) is 9.02. The number of aromatic nitrogens is 3. The Kier molecular flexibility index (Phi) is 3.49. The van der Waals surface area contributed by atoms with Crippen LogP contribution < -0.4 is 15.2 Å². The molecule has 8 heteroatoms. The summed E-state index contributed by atoms with van der Waals surface area (Å²) >= 11 is 0. The number of aromatic carboxylic acids is 1. The summed E-state index contributed by atoms with van der Waals surface area (Å²) in [6.07, 6.45) is 1.58. The smallest absolute Gasteiger partial charge is 0.339 e. The summed E-state index contributed by atoms with van der Waals surface area (Å²) in [7, 11) is 3.09. The molecule has 3 aromatic rings. The maximum absolute atomic E-state index is 11.0. The van der Waals surface area contributed by atoms with Crippen molar-refractivity contribution in [3.05, 3.63) is 36.2 Å². The molecular weight excluding hydrogens is 300 g/mol. The second-order valence-electron chi connectivity index (χ2n) is 4.72. The molecule has 0 bridgehead atoms. The van der Waals surface area contributed by atoms with Crippen LogP contribution in [0.2, 0.25) is 0 Å². The van der Waals surface area contributed by atoms with E-state index >= 15 is 0 Å². The number of carboxylic acid groups (broad SMARTS) is 1. The van der Waals surface area contributed by atoms with Gasteiger partial charge in [-0.05, 0) is 12.1 Å². The highest BCUT2D eigenvalue weighted by molar-refractivity contribution is 5.92. The highest BCUT2D eigenvalue weighted by Gasteiger charge is 2.14. The molecule has 0 amide bonds. The topological polar surface area (TPSA) is 112 Å². The van der Waals surface area contributed by atoms with E-state index in [9.17, 15) is 4.79 Å². The summed E-state index contributed by atoms with van der Waals surface area (Å²) in [6.45, 7) is 0. The van der Waals surface area contributed by atoms with Crippen LogP contribution >= 0.6 is 0 Å². The molecule has 0 unspecified atom stereocenters. The number of hydrogen-bond acceptors (Lipinski definition) is 6. The number of nitrogens with zero attached hydrogens (tertiary/aromatic N) is 3. The monoisotopic (exact) mass is 314 g/mol. The number of hydrogen-bond donors (Lipinski definition) is 2. The first-order valence-electron chi connectivity index (χ1n) is 6.64. The molecule has 0 fully saturated rings. The number of ether oxygens (including phenoxy) is 2. The van der Waals surface area contributed by atoms with E-state index in [0.29, 0.717) is 22.8 Å². The van der Waals surface area contributed by atoms with Crippen molar-refractivity contribution in [1.29, 1.82) is 0 Å². The highest BCUT2D eigenvalue weighted by atomic mass is 16.5. The van der Waals surface area contributed by atoms with E-state index in [1.807, 2.05) is 0 Å². The van der Waals surface area contributed by atoms with Gasteiger partial charge >= 0.3 is 5.97 Å². The third kappa shape index (κ3) is 2.39. The largest absolute Gasteiger partial charge is 0.493 e. The molecule has 0 saturated carbocycles. The Labute approximate surface area is 131 Å². The molecule has 2 heterocycles. The lowest BCUT2D eigenvalue weighted by Gasteiger charge is -2.09. The Balaban J connectivity index is 2.17. The van der Waals surface area contributed by atoms with Crippen molar-refractivity contribution in [2.45, 2.75) is 0 Å². The number of rotatable bonds is 4. The molecule has 118 valence electrons. The van der Waals surface area contributed by atoms with E-state index in [0.717, 1.165) is 5.52 Å². The molecule has 3 rings (SSSR count). The Morgan fingerprint density at radius 3 is 2.52 bits per heavy atom. The van der Waals surface area contributed by atoms with Gasteiger partial charge < -0.3 is 20.3 Å². The minimum atomic E-state index is -1.12. The zero-order chi connectivity index (χ0) is 16.6. The number of carbonyl (C=O) groups is 1. The Morgan fingerprint density at radius 1 is 1.22 bits per heavy atom. The second kappa shape index (κ2) is 5.48. The van der Waals surface area contributed by atoms with Crippen LogP contribution in [0.5, 0.6) is 11.5 Å². The predicted molar refractivity (Wildman–Crippen MR) is 83.3 cm³/mol. The average Bonchev–Trinajstić information content (AvgIpc) is 2.95. The molecule has 0 atom stereocenters. The van der Waals surface area contributed by atoms with Gasteiger partial charge in [0.25, 0.3) is 0 Å². The lowest BCUT2D eigenvalue weighted by atomic mass is 10.2. The molecule has 0 aliphatic rings. The van der Waals surface area contributed by atoms with Gasteiger partial charge in [0.1, 0.15) is 23.5 Å². The quantitative estimate of drug-likeness (QED) is 0.753. The number of nitrogen functional groups attached to an aromatic ring is 1. The minimum absolute atomic E-state index is 0.0441. The van der Waals surface area contributed by atoms with E-state index in [-0.39, 0.29) is 11.4 Å². The van der Waals surface area contributed by atoms with Crippen LogP contribution in [0.25, 0.3) is 16.9 Å². The Morgan fingerprint density at radius 2 is 1.91 bits per heavy atom. The van der Waals surface area contributed by atoms with Crippen LogP contribution in [0, 0.1) is 0 Å². The van der Waals surface area contributed by atoms with Crippen LogP contribution in [-0.2, 0) is 0 Å². The molecule has 0 aliphatic heterocycles. The van der Waals surface area contributed by atoms with Gasteiger partial charge in [0.15, 0.2) is 11.5 Å². The fourth-order valence-corrected chi connectivity index (χ4v) is 2.30. The summed E-state index contributed by atoms with van der Waals surface area (Å²) in [4.78, 5) is 19.4. The van der Waals surface area contributed by atoms with Crippen molar-refractivity contribution >= 4 is 22.8 Å². The summed E-state index contributed by atoms with van der Waals surface area (Å²) in [6, 6.07) is 6.49. The third-order valence-corrected chi connectivity index (χ3v) is 3.44. The van der Waals surface area contributed by atoms with Crippen molar-refractivity contribution in [3.63, 3.8) is 0 Å². The van der Waals surface area contributed by atoms with Gasteiger partial charge in [-0.15, -0.1) is 0 Å². The number of imidazole rings is 1. The van der Waals surface area contributed by atoms with Crippen molar-refractivity contribution in [3.8, 4) is 17.3 Å². The van der Waals surface area contributed by atoms with Crippen LogP contribution in [0.1, 0.15) is 10.4 Å². The molecule has 0 aliphatic carbocycles. The van der Waals surface area contributed by atoms with Gasteiger partial charge in [0, 0.05) is 12.1 Å². The molecular formula is C15H14N4O4. The van der Waals surface area contributed by atoms with E-state index in [1.165, 1.54) is 6.07 Å². The van der Waals surface area contributed by atoms with E-state index in [4.69, 9.17) is 20.3 Å². The van der Waals surface area contributed by atoms with Crippen LogP contribution in [0.4, 0.5) is 5.82 Å². The molecule has 3 N–H and O–H groups in total. The minimum Gasteiger partial charge on any atom is -0.493 e. The zero-order valence-electron chi connectivity index (χ0n) is 12.5. The number of methoxy groups -OCH3 is 2.